The first kappa shape index (κ1) is 35.9. The van der Waals surface area contributed by atoms with Crippen molar-refractivity contribution in [3.63, 3.8) is 0 Å². The van der Waals surface area contributed by atoms with Gasteiger partial charge in [0.05, 0.1) is 18.6 Å². The summed E-state index contributed by atoms with van der Waals surface area (Å²) in [6, 6.07) is 18.9. The summed E-state index contributed by atoms with van der Waals surface area (Å²) < 4.78 is 42.8. The first-order valence-corrected chi connectivity index (χ1v) is 18.9. The Kier molecular flexibility index (Phi) is 15.3. The Morgan fingerprint density at radius 1 is 0.848 bits per heavy atom. The smallest absolute Gasteiger partial charge is 0.493 e. The first-order chi connectivity index (χ1) is 22.5. The molecule has 46 heavy (non-hydrogen) atoms. The van der Waals surface area contributed by atoms with E-state index in [0.29, 0.717) is 18.9 Å². The molecule has 1 aromatic heterocycles. The second kappa shape index (κ2) is 19.7. The predicted molar refractivity (Wildman–Crippen MR) is 184 cm³/mol. The molecule has 0 amide bonds. The molecule has 0 bridgehead atoms. The molecule has 250 valence electrons. The molecule has 0 radical (unpaired) electrons. The van der Waals surface area contributed by atoms with Gasteiger partial charge >= 0.3 is 7.82 Å². The average molecular weight is 671 g/mol. The molecule has 0 aliphatic heterocycles. The molecule has 2 atom stereocenters. The number of thiazole rings is 1. The fourth-order valence-corrected chi connectivity index (χ4v) is 6.58. The van der Waals surface area contributed by atoms with Crippen LogP contribution in [0.3, 0.4) is 0 Å². The minimum atomic E-state index is -4.38. The number of phosphoric acid groups is 1. The van der Waals surface area contributed by atoms with Gasteiger partial charge in [0.25, 0.3) is 0 Å². The van der Waals surface area contributed by atoms with Gasteiger partial charge in [-0.2, -0.15) is 4.57 Å². The van der Waals surface area contributed by atoms with Gasteiger partial charge in [-0.05, 0) is 48.2 Å². The second-order valence-corrected chi connectivity index (χ2v) is 13.7. The molecule has 0 aliphatic rings. The van der Waals surface area contributed by atoms with Crippen LogP contribution in [0.2, 0.25) is 0 Å². The van der Waals surface area contributed by atoms with E-state index in [-0.39, 0.29) is 19.0 Å². The summed E-state index contributed by atoms with van der Waals surface area (Å²) in [5.74, 6) is 1.79. The van der Waals surface area contributed by atoms with Crippen LogP contribution in [0.1, 0.15) is 76.7 Å². The third-order valence-electron chi connectivity index (χ3n) is 7.77. The molecule has 3 aromatic carbocycles. The SMILES string of the molecule is CCCCCCCCCCCCOc1cccc2cc(OCC(COP(=O)(O)Oc3cccc(C[n+]4ccsc4)c3)OC)ccc12. The van der Waals surface area contributed by atoms with E-state index in [1.165, 1.54) is 64.9 Å². The Hall–Kier alpha value is -2.94. The zero-order chi connectivity index (χ0) is 32.5. The molecular formula is C36H49NO7PS+. The number of rotatable bonds is 23. The normalized spacial score (nSPS) is 13.4. The zero-order valence-electron chi connectivity index (χ0n) is 27.2. The molecule has 4 rings (SSSR count). The number of fused-ring (bicyclic) bond motifs is 1. The highest BCUT2D eigenvalue weighted by molar-refractivity contribution is 7.47. The number of benzene rings is 3. The number of nitrogens with zero attached hydrogens (tertiary/aromatic N) is 1. The summed E-state index contributed by atoms with van der Waals surface area (Å²) in [5.41, 5.74) is 2.93. The van der Waals surface area contributed by atoms with Crippen molar-refractivity contribution in [1.82, 2.24) is 0 Å². The molecule has 0 saturated heterocycles. The van der Waals surface area contributed by atoms with Gasteiger partial charge < -0.3 is 18.7 Å². The van der Waals surface area contributed by atoms with Gasteiger partial charge in [-0.15, -0.1) is 0 Å². The van der Waals surface area contributed by atoms with E-state index in [4.69, 9.17) is 23.3 Å². The highest BCUT2D eigenvalue weighted by atomic mass is 32.1. The molecule has 10 heteroatoms. The second-order valence-electron chi connectivity index (χ2n) is 11.5. The number of phosphoric ester groups is 1. The molecule has 1 N–H and O–H groups in total. The summed E-state index contributed by atoms with van der Waals surface area (Å²) >= 11 is 1.59. The molecule has 0 spiro atoms. The van der Waals surface area contributed by atoms with E-state index >= 15 is 0 Å². The number of hydrogen-bond acceptors (Lipinski definition) is 7. The van der Waals surface area contributed by atoms with Crippen LogP contribution < -0.4 is 18.6 Å². The Balaban J connectivity index is 1.18. The van der Waals surface area contributed by atoms with Gasteiger partial charge in [-0.3, -0.25) is 9.42 Å². The lowest BCUT2D eigenvalue weighted by Crippen LogP contribution is -2.30. The fourth-order valence-electron chi connectivity index (χ4n) is 5.19. The van der Waals surface area contributed by atoms with Crippen LogP contribution in [0.15, 0.2) is 77.8 Å². The molecule has 0 fully saturated rings. The molecule has 4 aromatic rings. The van der Waals surface area contributed by atoms with Crippen molar-refractivity contribution in [2.75, 3.05) is 26.9 Å². The highest BCUT2D eigenvalue weighted by Gasteiger charge is 2.26. The van der Waals surface area contributed by atoms with Crippen molar-refractivity contribution in [3.05, 3.63) is 83.3 Å². The molecule has 2 unspecified atom stereocenters. The Morgan fingerprint density at radius 2 is 1.61 bits per heavy atom. The topological polar surface area (TPSA) is 87.3 Å². The highest BCUT2D eigenvalue weighted by Crippen LogP contribution is 2.44. The van der Waals surface area contributed by atoms with Gasteiger partial charge in [0.1, 0.15) is 30.0 Å². The predicted octanol–water partition coefficient (Wildman–Crippen LogP) is 9.13. The van der Waals surface area contributed by atoms with Gasteiger partial charge in [-0.25, -0.2) is 4.57 Å². The van der Waals surface area contributed by atoms with E-state index in [0.717, 1.165) is 28.5 Å². The Labute approximate surface area is 277 Å². The van der Waals surface area contributed by atoms with Gasteiger partial charge in [0.2, 0.25) is 5.51 Å². The van der Waals surface area contributed by atoms with Crippen LogP contribution in [-0.2, 0) is 20.4 Å². The summed E-state index contributed by atoms with van der Waals surface area (Å²) in [6.45, 7) is 3.55. The minimum Gasteiger partial charge on any atom is -0.493 e. The molecule has 8 nitrogen and oxygen atoms in total. The summed E-state index contributed by atoms with van der Waals surface area (Å²) in [7, 11) is -2.88. The number of ether oxygens (including phenoxy) is 3. The van der Waals surface area contributed by atoms with E-state index < -0.39 is 13.9 Å². The lowest BCUT2D eigenvalue weighted by atomic mass is 10.1. The van der Waals surface area contributed by atoms with Crippen molar-refractivity contribution in [3.8, 4) is 17.2 Å². The van der Waals surface area contributed by atoms with Gasteiger partial charge in [0.15, 0.2) is 12.7 Å². The molecular weight excluding hydrogens is 621 g/mol. The third-order valence-corrected chi connectivity index (χ3v) is 9.36. The van der Waals surface area contributed by atoms with Crippen LogP contribution >= 0.6 is 19.2 Å². The molecule has 0 saturated carbocycles. The van der Waals surface area contributed by atoms with Crippen LogP contribution in [0, 0.1) is 0 Å². The maximum Gasteiger partial charge on any atom is 0.527 e. The van der Waals surface area contributed by atoms with Crippen molar-refractivity contribution in [2.45, 2.75) is 83.8 Å². The first-order valence-electron chi connectivity index (χ1n) is 16.4. The molecule has 0 aliphatic carbocycles. The Morgan fingerprint density at radius 3 is 2.35 bits per heavy atom. The maximum absolute atomic E-state index is 12.7. The van der Waals surface area contributed by atoms with E-state index in [1.54, 1.807) is 29.5 Å². The summed E-state index contributed by atoms with van der Waals surface area (Å²) in [6.07, 6.45) is 14.4. The van der Waals surface area contributed by atoms with Crippen LogP contribution in [0.4, 0.5) is 0 Å². The molecule has 1 heterocycles. The largest absolute Gasteiger partial charge is 0.527 e. The standard InChI is InChI=1S/C36H48NO7PS/c1-3-4-5-6-7-8-9-10-11-12-22-41-36-18-14-16-31-25-32(19-20-35(31)36)42-27-34(40-2)28-43-45(38,39)44-33-17-13-15-30(24-33)26-37-21-23-46-29-37/h13-21,23-25,29,34H,3-12,22,26-28H2,1-2H3/p+1. The number of methoxy groups -OCH3 is 1. The van der Waals surface area contributed by atoms with Crippen molar-refractivity contribution in [2.24, 2.45) is 0 Å². The average Bonchev–Trinajstić information content (AvgIpc) is 3.56. The Bertz CT molecular complexity index is 1480. The lowest BCUT2D eigenvalue weighted by molar-refractivity contribution is -0.683. The monoisotopic (exact) mass is 670 g/mol. The van der Waals surface area contributed by atoms with Crippen LogP contribution in [0.5, 0.6) is 17.2 Å². The van der Waals surface area contributed by atoms with Crippen molar-refractivity contribution >= 4 is 29.9 Å². The fraction of sp³-hybridized carbons (Fsp3) is 0.472. The summed E-state index contributed by atoms with van der Waals surface area (Å²) in [4.78, 5) is 10.3. The lowest BCUT2D eigenvalue weighted by Gasteiger charge is -2.19. The quantitative estimate of drug-likeness (QED) is 0.0479. The summed E-state index contributed by atoms with van der Waals surface area (Å²) in [5, 5.41) is 4.03. The van der Waals surface area contributed by atoms with E-state index in [1.807, 2.05) is 64.1 Å². The van der Waals surface area contributed by atoms with E-state index in [9.17, 15) is 9.46 Å². The van der Waals surface area contributed by atoms with Crippen LogP contribution in [-0.4, -0.2) is 37.9 Å². The van der Waals surface area contributed by atoms with Gasteiger partial charge in [-0.1, -0.05) is 100 Å². The third kappa shape index (κ3) is 12.7. The number of aromatic nitrogens is 1. The zero-order valence-corrected chi connectivity index (χ0v) is 28.9. The number of unbranched alkanes of at least 4 members (excludes halogenated alkanes) is 9. The van der Waals surface area contributed by atoms with Crippen molar-refractivity contribution < 1.29 is 37.3 Å². The minimum absolute atomic E-state index is 0.129. The van der Waals surface area contributed by atoms with Crippen molar-refractivity contribution in [1.29, 1.82) is 0 Å². The van der Waals surface area contributed by atoms with E-state index in [2.05, 4.69) is 6.92 Å². The van der Waals surface area contributed by atoms with Crippen LogP contribution in [0.25, 0.3) is 10.8 Å². The number of hydrogen-bond donors (Lipinski definition) is 1. The van der Waals surface area contributed by atoms with Gasteiger partial charge in [0, 0.05) is 18.1 Å². The maximum atomic E-state index is 12.7.